The molecule has 0 heterocycles. The van der Waals surface area contributed by atoms with E-state index in [-0.39, 0.29) is 11.9 Å². The summed E-state index contributed by atoms with van der Waals surface area (Å²) in [5.74, 6) is 0.747. The molecule has 6 heteroatoms. The van der Waals surface area contributed by atoms with Crippen LogP contribution >= 0.6 is 10.2 Å². The Labute approximate surface area is 106 Å². The third kappa shape index (κ3) is 7.14. The van der Waals surface area contributed by atoms with Crippen molar-refractivity contribution >= 4 is 35.9 Å². The van der Waals surface area contributed by atoms with Crippen LogP contribution in [-0.2, 0) is 14.3 Å². The van der Waals surface area contributed by atoms with Gasteiger partial charge < -0.3 is 0 Å². The Morgan fingerprint density at radius 2 is 2.06 bits per heavy atom. The summed E-state index contributed by atoms with van der Waals surface area (Å²) in [6.07, 6.45) is 0. The van der Waals surface area contributed by atoms with E-state index in [9.17, 15) is 9.59 Å². The molecule has 0 rings (SSSR count). The Morgan fingerprint density at radius 3 is 2.56 bits per heavy atom. The van der Waals surface area contributed by atoms with Crippen LogP contribution in [0.25, 0.3) is 0 Å². The molecule has 4 nitrogen and oxygen atoms in total. The summed E-state index contributed by atoms with van der Waals surface area (Å²) in [4.78, 5) is 22.0. The molecular formula is C10H19NO3SSe. The molecule has 0 aliphatic heterocycles. The molecule has 0 atom stereocenters. The number of carbonyl (C=O) groups is 2. The first kappa shape index (κ1) is 15.8. The first-order valence-electron chi connectivity index (χ1n) is 4.97. The molecule has 0 radical (unpaired) electrons. The maximum absolute atomic E-state index is 11.4. The molecule has 0 saturated carbocycles. The van der Waals surface area contributed by atoms with Crippen LogP contribution in [0.2, 0.25) is 5.32 Å². The standard InChI is InChI=1S/C10H19NO3SSe/c1-8(12)11-5-6-15-16-7-10(2,3)9(13)14-4/h5-7H2,1-4H3,(H,11,12). The van der Waals surface area contributed by atoms with Crippen LogP contribution < -0.4 is 5.32 Å². The zero-order chi connectivity index (χ0) is 12.6. The van der Waals surface area contributed by atoms with Gasteiger partial charge in [-0.3, -0.25) is 0 Å². The van der Waals surface area contributed by atoms with Gasteiger partial charge in [0.15, 0.2) is 0 Å². The summed E-state index contributed by atoms with van der Waals surface area (Å²) in [5.41, 5.74) is -0.393. The molecule has 1 N–H and O–H groups in total. The van der Waals surface area contributed by atoms with E-state index in [1.54, 1.807) is 10.2 Å². The van der Waals surface area contributed by atoms with Gasteiger partial charge >= 0.3 is 106 Å². The van der Waals surface area contributed by atoms with Gasteiger partial charge in [-0.25, -0.2) is 0 Å². The predicted molar refractivity (Wildman–Crippen MR) is 67.5 cm³/mol. The van der Waals surface area contributed by atoms with Crippen molar-refractivity contribution in [3.8, 4) is 0 Å². The minimum absolute atomic E-state index is 0.00277. The first-order chi connectivity index (χ1) is 7.40. The number of hydrogen-bond acceptors (Lipinski definition) is 4. The molecule has 94 valence electrons. The molecule has 0 aromatic carbocycles. The summed E-state index contributed by atoms with van der Waals surface area (Å²) >= 11 is 0.343. The van der Waals surface area contributed by atoms with Crippen molar-refractivity contribution in [3.63, 3.8) is 0 Å². The van der Waals surface area contributed by atoms with E-state index in [2.05, 4.69) is 5.32 Å². The zero-order valence-electron chi connectivity index (χ0n) is 10.2. The van der Waals surface area contributed by atoms with E-state index in [0.717, 1.165) is 11.1 Å². The van der Waals surface area contributed by atoms with Gasteiger partial charge in [0.2, 0.25) is 0 Å². The van der Waals surface area contributed by atoms with Crippen molar-refractivity contribution in [3.05, 3.63) is 0 Å². The average molecular weight is 312 g/mol. The van der Waals surface area contributed by atoms with Gasteiger partial charge in [0.05, 0.1) is 0 Å². The third-order valence-corrected chi connectivity index (χ3v) is 6.81. The van der Waals surface area contributed by atoms with Crippen LogP contribution in [0.5, 0.6) is 0 Å². The summed E-state index contributed by atoms with van der Waals surface area (Å²) in [7, 11) is 3.21. The fourth-order valence-electron chi connectivity index (χ4n) is 0.852. The Bertz CT molecular complexity index is 246. The molecule has 0 fully saturated rings. The van der Waals surface area contributed by atoms with E-state index >= 15 is 0 Å². The van der Waals surface area contributed by atoms with E-state index in [1.165, 1.54) is 14.0 Å². The Hall–Kier alpha value is -0.191. The van der Waals surface area contributed by atoms with E-state index < -0.39 is 5.41 Å². The second-order valence-electron chi connectivity index (χ2n) is 3.94. The van der Waals surface area contributed by atoms with Gasteiger partial charge in [-0.05, 0) is 0 Å². The molecule has 0 unspecified atom stereocenters. The number of rotatable bonds is 7. The SMILES string of the molecule is COC(=O)C(C)(C)C[Se]SCCNC(C)=O. The number of amides is 1. The Balaban J connectivity index is 3.58. The summed E-state index contributed by atoms with van der Waals surface area (Å²) < 4.78 is 4.73. The summed E-state index contributed by atoms with van der Waals surface area (Å²) in [6.45, 7) is 6.00. The van der Waals surface area contributed by atoms with Gasteiger partial charge in [-0.15, -0.1) is 0 Å². The second kappa shape index (κ2) is 7.98. The van der Waals surface area contributed by atoms with E-state index in [1.807, 2.05) is 13.8 Å². The number of hydrogen-bond donors (Lipinski definition) is 1. The van der Waals surface area contributed by atoms with Gasteiger partial charge in [0.25, 0.3) is 0 Å². The van der Waals surface area contributed by atoms with Crippen LogP contribution in [-0.4, -0.2) is 45.1 Å². The fraction of sp³-hybridized carbons (Fsp3) is 0.800. The van der Waals surface area contributed by atoms with Crippen LogP contribution in [0.4, 0.5) is 0 Å². The molecule has 0 saturated heterocycles. The van der Waals surface area contributed by atoms with Crippen molar-refractivity contribution in [1.29, 1.82) is 0 Å². The van der Waals surface area contributed by atoms with Crippen LogP contribution in [0.1, 0.15) is 20.8 Å². The molecule has 0 aromatic heterocycles. The monoisotopic (exact) mass is 313 g/mol. The Morgan fingerprint density at radius 1 is 1.44 bits per heavy atom. The molecule has 16 heavy (non-hydrogen) atoms. The summed E-state index contributed by atoms with van der Waals surface area (Å²) in [5, 5.41) is 3.58. The van der Waals surface area contributed by atoms with Crippen molar-refractivity contribution in [2.75, 3.05) is 19.4 Å². The average Bonchev–Trinajstić information content (AvgIpc) is 2.21. The number of esters is 1. The quantitative estimate of drug-likeness (QED) is 0.434. The van der Waals surface area contributed by atoms with Crippen molar-refractivity contribution in [1.82, 2.24) is 5.32 Å². The molecule has 0 aromatic rings. The van der Waals surface area contributed by atoms with Gasteiger partial charge in [0.1, 0.15) is 0 Å². The van der Waals surface area contributed by atoms with Gasteiger partial charge in [0, 0.05) is 0 Å². The maximum atomic E-state index is 11.4. The summed E-state index contributed by atoms with van der Waals surface area (Å²) in [6, 6.07) is 0. The molecule has 1 amide bonds. The van der Waals surface area contributed by atoms with Crippen molar-refractivity contribution < 1.29 is 14.3 Å². The van der Waals surface area contributed by atoms with Crippen LogP contribution in [0.3, 0.4) is 0 Å². The molecule has 0 spiro atoms. The van der Waals surface area contributed by atoms with Crippen LogP contribution in [0.15, 0.2) is 0 Å². The van der Waals surface area contributed by atoms with Crippen LogP contribution in [0, 0.1) is 5.41 Å². The van der Waals surface area contributed by atoms with Gasteiger partial charge in [-0.2, -0.15) is 0 Å². The first-order valence-corrected chi connectivity index (χ1v) is 9.19. The fourth-order valence-corrected chi connectivity index (χ4v) is 5.43. The number of ether oxygens (including phenoxy) is 1. The molecule has 0 bridgehead atoms. The molecular weight excluding hydrogens is 293 g/mol. The van der Waals surface area contributed by atoms with E-state index in [0.29, 0.717) is 20.4 Å². The zero-order valence-corrected chi connectivity index (χ0v) is 12.7. The predicted octanol–water partition coefficient (Wildman–Crippen LogP) is 1.09. The second-order valence-corrected chi connectivity index (χ2v) is 8.40. The molecule has 0 aliphatic rings. The van der Waals surface area contributed by atoms with Crippen molar-refractivity contribution in [2.24, 2.45) is 5.41 Å². The van der Waals surface area contributed by atoms with E-state index in [4.69, 9.17) is 4.74 Å². The van der Waals surface area contributed by atoms with Crippen molar-refractivity contribution in [2.45, 2.75) is 26.1 Å². The minimum atomic E-state index is -0.393. The normalized spacial score (nSPS) is 11.0. The number of nitrogens with one attached hydrogen (secondary N) is 1. The number of methoxy groups -OCH3 is 1. The molecule has 0 aliphatic carbocycles. The third-order valence-electron chi connectivity index (χ3n) is 1.80. The van der Waals surface area contributed by atoms with Gasteiger partial charge in [-0.1, -0.05) is 0 Å². The number of carbonyl (C=O) groups excluding carboxylic acids is 2. The Kier molecular flexibility index (Phi) is 7.89. The topological polar surface area (TPSA) is 55.4 Å².